The predicted molar refractivity (Wildman–Crippen MR) is 76.7 cm³/mol. The summed E-state index contributed by atoms with van der Waals surface area (Å²) in [4.78, 5) is 12.0. The molecule has 0 aliphatic rings. The SMILES string of the molecule is O=C(NCc1nnnn1-c1cccc(F)c1)c1cccc(F)c1. The maximum absolute atomic E-state index is 13.3. The number of carbonyl (C=O) groups excluding carboxylic acids is 1. The third-order valence-corrected chi connectivity index (χ3v) is 3.08. The Labute approximate surface area is 129 Å². The van der Waals surface area contributed by atoms with E-state index >= 15 is 0 Å². The van der Waals surface area contributed by atoms with Crippen LogP contribution < -0.4 is 5.32 Å². The lowest BCUT2D eigenvalue weighted by molar-refractivity contribution is 0.0949. The molecule has 23 heavy (non-hydrogen) atoms. The molecular weight excluding hydrogens is 304 g/mol. The van der Waals surface area contributed by atoms with Gasteiger partial charge in [-0.05, 0) is 46.8 Å². The number of nitrogens with one attached hydrogen (secondary N) is 1. The van der Waals surface area contributed by atoms with Crippen molar-refractivity contribution in [2.45, 2.75) is 6.54 Å². The van der Waals surface area contributed by atoms with Gasteiger partial charge in [0.25, 0.3) is 5.91 Å². The lowest BCUT2D eigenvalue weighted by Crippen LogP contribution is -2.24. The van der Waals surface area contributed by atoms with Gasteiger partial charge in [-0.25, -0.2) is 8.78 Å². The van der Waals surface area contributed by atoms with Crippen LogP contribution in [0.25, 0.3) is 5.69 Å². The van der Waals surface area contributed by atoms with E-state index in [-0.39, 0.29) is 12.1 Å². The van der Waals surface area contributed by atoms with E-state index in [2.05, 4.69) is 20.8 Å². The highest BCUT2D eigenvalue weighted by Gasteiger charge is 2.12. The van der Waals surface area contributed by atoms with Crippen molar-refractivity contribution >= 4 is 5.91 Å². The lowest BCUT2D eigenvalue weighted by Gasteiger charge is -2.06. The van der Waals surface area contributed by atoms with Crippen molar-refractivity contribution in [3.05, 3.63) is 71.6 Å². The Bertz CT molecular complexity index is 849. The van der Waals surface area contributed by atoms with Gasteiger partial charge in [0.1, 0.15) is 11.6 Å². The fraction of sp³-hybridized carbons (Fsp3) is 0.0667. The first kappa shape index (κ1) is 14.8. The molecule has 0 spiro atoms. The second-order valence-corrected chi connectivity index (χ2v) is 4.68. The van der Waals surface area contributed by atoms with Crippen molar-refractivity contribution in [1.29, 1.82) is 0 Å². The second-order valence-electron chi connectivity index (χ2n) is 4.68. The molecule has 2 aromatic carbocycles. The topological polar surface area (TPSA) is 72.7 Å². The van der Waals surface area contributed by atoms with Crippen molar-refractivity contribution in [3.63, 3.8) is 0 Å². The normalized spacial score (nSPS) is 10.5. The summed E-state index contributed by atoms with van der Waals surface area (Å²) < 4.78 is 27.7. The van der Waals surface area contributed by atoms with Gasteiger partial charge in [0.2, 0.25) is 0 Å². The van der Waals surface area contributed by atoms with Crippen LogP contribution >= 0.6 is 0 Å². The van der Waals surface area contributed by atoms with Crippen molar-refractivity contribution < 1.29 is 13.6 Å². The van der Waals surface area contributed by atoms with Gasteiger partial charge in [0, 0.05) is 5.56 Å². The highest BCUT2D eigenvalue weighted by Crippen LogP contribution is 2.10. The van der Waals surface area contributed by atoms with Gasteiger partial charge in [-0.15, -0.1) is 5.10 Å². The van der Waals surface area contributed by atoms with Crippen LogP contribution in [0.4, 0.5) is 8.78 Å². The minimum Gasteiger partial charge on any atom is -0.345 e. The molecule has 1 heterocycles. The Kier molecular flexibility index (Phi) is 4.05. The summed E-state index contributed by atoms with van der Waals surface area (Å²) in [5.74, 6) is -1.06. The molecule has 116 valence electrons. The molecule has 1 amide bonds. The molecule has 3 aromatic rings. The summed E-state index contributed by atoms with van der Waals surface area (Å²) in [7, 11) is 0. The van der Waals surface area contributed by atoms with Gasteiger partial charge >= 0.3 is 0 Å². The van der Waals surface area contributed by atoms with Crippen molar-refractivity contribution in [2.75, 3.05) is 0 Å². The molecular formula is C15H11F2N5O. The first-order valence-electron chi connectivity index (χ1n) is 6.70. The summed E-state index contributed by atoms with van der Waals surface area (Å²) in [5.41, 5.74) is 0.625. The summed E-state index contributed by atoms with van der Waals surface area (Å²) in [6, 6.07) is 11.1. The van der Waals surface area contributed by atoms with Gasteiger partial charge in [-0.3, -0.25) is 4.79 Å². The zero-order chi connectivity index (χ0) is 16.2. The Balaban J connectivity index is 1.75. The molecule has 0 aliphatic carbocycles. The van der Waals surface area contributed by atoms with Crippen LogP contribution in [0.5, 0.6) is 0 Å². The highest BCUT2D eigenvalue weighted by molar-refractivity contribution is 5.94. The summed E-state index contributed by atoms with van der Waals surface area (Å²) in [6.45, 7) is 0.0128. The average Bonchev–Trinajstić information content (AvgIpc) is 3.01. The number of carbonyl (C=O) groups is 1. The van der Waals surface area contributed by atoms with E-state index in [1.54, 1.807) is 6.07 Å². The Morgan fingerprint density at radius 1 is 1.09 bits per heavy atom. The molecule has 0 unspecified atom stereocenters. The minimum absolute atomic E-state index is 0.0128. The Morgan fingerprint density at radius 2 is 1.83 bits per heavy atom. The average molecular weight is 315 g/mol. The number of halogens is 2. The van der Waals surface area contributed by atoms with Crippen LogP contribution in [0, 0.1) is 11.6 Å². The molecule has 0 saturated heterocycles. The third-order valence-electron chi connectivity index (χ3n) is 3.08. The molecule has 0 bridgehead atoms. The van der Waals surface area contributed by atoms with Crippen LogP contribution in [0.15, 0.2) is 48.5 Å². The number of hydrogen-bond donors (Lipinski definition) is 1. The standard InChI is InChI=1S/C15H11F2N5O/c16-11-4-1-3-10(7-11)15(23)18-9-14-19-20-21-22(14)13-6-2-5-12(17)8-13/h1-8H,9H2,(H,18,23). The number of amides is 1. The number of nitrogens with zero attached hydrogens (tertiary/aromatic N) is 4. The Morgan fingerprint density at radius 3 is 2.57 bits per heavy atom. The van der Waals surface area contributed by atoms with Crippen molar-refractivity contribution in [1.82, 2.24) is 25.5 Å². The number of rotatable bonds is 4. The zero-order valence-corrected chi connectivity index (χ0v) is 11.8. The van der Waals surface area contributed by atoms with E-state index in [0.717, 1.165) is 6.07 Å². The van der Waals surface area contributed by atoms with E-state index in [1.165, 1.54) is 41.1 Å². The van der Waals surface area contributed by atoms with Gasteiger partial charge in [-0.2, -0.15) is 4.68 Å². The van der Waals surface area contributed by atoms with E-state index in [0.29, 0.717) is 11.5 Å². The van der Waals surface area contributed by atoms with E-state index < -0.39 is 17.5 Å². The van der Waals surface area contributed by atoms with Crippen LogP contribution in [0.1, 0.15) is 16.2 Å². The largest absolute Gasteiger partial charge is 0.345 e. The molecule has 6 nitrogen and oxygen atoms in total. The van der Waals surface area contributed by atoms with Crippen LogP contribution in [0.3, 0.4) is 0 Å². The van der Waals surface area contributed by atoms with E-state index in [1.807, 2.05) is 0 Å². The summed E-state index contributed by atoms with van der Waals surface area (Å²) in [6.07, 6.45) is 0. The van der Waals surface area contributed by atoms with E-state index in [9.17, 15) is 13.6 Å². The molecule has 1 N–H and O–H groups in total. The van der Waals surface area contributed by atoms with Crippen LogP contribution in [-0.2, 0) is 6.54 Å². The van der Waals surface area contributed by atoms with Gasteiger partial charge in [0.15, 0.2) is 5.82 Å². The Hall–Kier alpha value is -3.16. The molecule has 0 aliphatic heterocycles. The van der Waals surface area contributed by atoms with Crippen molar-refractivity contribution in [3.8, 4) is 5.69 Å². The molecule has 3 rings (SSSR count). The third kappa shape index (κ3) is 3.37. The summed E-state index contributed by atoms with van der Waals surface area (Å²) >= 11 is 0. The van der Waals surface area contributed by atoms with Gasteiger partial charge in [0.05, 0.1) is 12.2 Å². The van der Waals surface area contributed by atoms with Gasteiger partial charge in [-0.1, -0.05) is 12.1 Å². The number of tetrazole rings is 1. The van der Waals surface area contributed by atoms with Crippen molar-refractivity contribution in [2.24, 2.45) is 0 Å². The maximum atomic E-state index is 13.3. The smallest absolute Gasteiger partial charge is 0.251 e. The highest BCUT2D eigenvalue weighted by atomic mass is 19.1. The fourth-order valence-corrected chi connectivity index (χ4v) is 2.02. The monoisotopic (exact) mass is 315 g/mol. The molecule has 1 aromatic heterocycles. The van der Waals surface area contributed by atoms with Gasteiger partial charge < -0.3 is 5.32 Å². The number of hydrogen-bond acceptors (Lipinski definition) is 4. The minimum atomic E-state index is -0.498. The van der Waals surface area contributed by atoms with E-state index in [4.69, 9.17) is 0 Å². The first-order chi connectivity index (χ1) is 11.1. The number of aromatic nitrogens is 4. The molecule has 0 saturated carbocycles. The second kappa shape index (κ2) is 6.30. The van der Waals surface area contributed by atoms with Crippen LogP contribution in [-0.4, -0.2) is 26.1 Å². The zero-order valence-electron chi connectivity index (χ0n) is 11.8. The fourth-order valence-electron chi connectivity index (χ4n) is 2.02. The summed E-state index contributed by atoms with van der Waals surface area (Å²) in [5, 5.41) is 13.7. The first-order valence-corrected chi connectivity index (χ1v) is 6.70. The maximum Gasteiger partial charge on any atom is 0.251 e. The molecule has 8 heteroatoms. The number of benzene rings is 2. The quantitative estimate of drug-likeness (QED) is 0.798. The molecule has 0 atom stereocenters. The molecule has 0 radical (unpaired) electrons. The predicted octanol–water partition coefficient (Wildman–Crippen LogP) is 1.87. The molecule has 0 fully saturated rings. The lowest BCUT2D eigenvalue weighted by atomic mass is 10.2. The van der Waals surface area contributed by atoms with Crippen LogP contribution in [0.2, 0.25) is 0 Å².